The Hall–Kier alpha value is -3.06. The summed E-state index contributed by atoms with van der Waals surface area (Å²) in [6, 6.07) is -2.80. The molecule has 0 bridgehead atoms. The Labute approximate surface area is 243 Å². The number of anilines is 1. The van der Waals surface area contributed by atoms with Crippen molar-refractivity contribution in [3.63, 3.8) is 0 Å². The summed E-state index contributed by atoms with van der Waals surface area (Å²) in [5.41, 5.74) is 4.26. The van der Waals surface area contributed by atoms with Crippen LogP contribution in [-0.2, 0) is 28.2 Å². The molecule has 2 aliphatic rings. The van der Waals surface area contributed by atoms with E-state index in [2.05, 4.69) is 30.7 Å². The maximum absolute atomic E-state index is 13.9. The Kier molecular flexibility index (Phi) is 9.31. The highest BCUT2D eigenvalue weighted by Gasteiger charge is 2.54. The molecule has 0 aromatic carbocycles. The fourth-order valence-corrected chi connectivity index (χ4v) is 8.12. The molecule has 0 radical (unpaired) electrons. The zero-order chi connectivity index (χ0) is 31.0. The highest BCUT2D eigenvalue weighted by Crippen LogP contribution is 2.57. The van der Waals surface area contributed by atoms with Gasteiger partial charge in [0.2, 0.25) is 11.8 Å². The zero-order valence-electron chi connectivity index (χ0n) is 23.3. The topological polar surface area (TPSA) is 251 Å². The van der Waals surface area contributed by atoms with Gasteiger partial charge in [0, 0.05) is 5.75 Å². The summed E-state index contributed by atoms with van der Waals surface area (Å²) < 4.78 is 37.2. The molecular formula is C22H33N8O10PS. The van der Waals surface area contributed by atoms with E-state index in [0.717, 1.165) is 0 Å². The first-order valence-electron chi connectivity index (χ1n) is 12.7. The monoisotopic (exact) mass is 632 g/mol. The maximum Gasteiger partial charge on any atom is 0.327 e. The van der Waals surface area contributed by atoms with Crippen molar-refractivity contribution in [2.24, 2.45) is 0 Å². The van der Waals surface area contributed by atoms with E-state index < -0.39 is 73.5 Å². The molecule has 0 spiro atoms. The second-order valence-electron chi connectivity index (χ2n) is 10.1. The summed E-state index contributed by atoms with van der Waals surface area (Å²) >= 11 is 0.661. The predicted molar refractivity (Wildman–Crippen MR) is 147 cm³/mol. The molecule has 18 nitrogen and oxygen atoms in total. The minimum absolute atomic E-state index is 0.0932. The van der Waals surface area contributed by atoms with Gasteiger partial charge in [-0.2, -0.15) is 9.97 Å². The summed E-state index contributed by atoms with van der Waals surface area (Å²) in [4.78, 5) is 48.2. The number of amides is 3. The SMILES string of the molecule is COc1nc(N)nc2c1ncn2[C@@H]1O[C@H](CO[P@@](=O)(N[C@H](C)C(=O)OC(C)C)SCC2NC(=O)NC2=O)[C@@H](O)[C@@]1(C)O. The van der Waals surface area contributed by atoms with Gasteiger partial charge in [-0.25, -0.2) is 14.9 Å². The van der Waals surface area contributed by atoms with E-state index >= 15 is 0 Å². The highest BCUT2D eigenvalue weighted by atomic mass is 32.7. The standard InChI is InChI=1S/C22H33N8O10PS/c1-9(2)39-18(33)10(3)29-41(36,42-7-11-16(32)27-21(34)25-11)38-6-12-14(31)22(4,35)19(40-12)30-8-24-13-15(30)26-20(23)28-17(13)37-5/h8-12,14,19,31,35H,6-7H2,1-5H3,(H,29,36)(H2,23,26,28)(H2,25,27,32,34)/t10-,11?,12-,14-,19-,22-,41+/m1/s1. The van der Waals surface area contributed by atoms with Gasteiger partial charge >= 0.3 is 18.7 Å². The lowest BCUT2D eigenvalue weighted by Crippen LogP contribution is -2.44. The number of imide groups is 1. The molecule has 232 valence electrons. The molecule has 3 amide bonds. The number of rotatable bonds is 12. The second-order valence-corrected chi connectivity index (χ2v) is 14.4. The zero-order valence-corrected chi connectivity index (χ0v) is 25.0. The molecule has 2 fully saturated rings. The number of aliphatic hydroxyl groups excluding tert-OH is 1. The Bertz CT molecular complexity index is 1410. The van der Waals surface area contributed by atoms with Gasteiger partial charge in [-0.15, -0.1) is 0 Å². The summed E-state index contributed by atoms with van der Waals surface area (Å²) in [7, 11) is 1.38. The fourth-order valence-electron chi connectivity index (χ4n) is 4.25. The lowest BCUT2D eigenvalue weighted by molar-refractivity contribution is -0.149. The number of carbonyl (C=O) groups is 3. The minimum atomic E-state index is -4.04. The van der Waals surface area contributed by atoms with E-state index in [1.807, 2.05) is 0 Å². The lowest BCUT2D eigenvalue weighted by atomic mass is 9.96. The van der Waals surface area contributed by atoms with Gasteiger partial charge in [0.1, 0.15) is 29.9 Å². The smallest absolute Gasteiger partial charge is 0.327 e. The van der Waals surface area contributed by atoms with Crippen molar-refractivity contribution in [3.05, 3.63) is 6.33 Å². The van der Waals surface area contributed by atoms with Crippen molar-refractivity contribution >= 4 is 53.1 Å². The van der Waals surface area contributed by atoms with Gasteiger partial charge in [-0.1, -0.05) is 11.4 Å². The molecule has 0 aliphatic carbocycles. The molecule has 7 atom stereocenters. The number of hydrogen-bond acceptors (Lipinski definition) is 15. The van der Waals surface area contributed by atoms with Crippen LogP contribution in [0.1, 0.15) is 33.9 Å². The van der Waals surface area contributed by atoms with Crippen LogP contribution in [0.25, 0.3) is 11.2 Å². The third kappa shape index (κ3) is 6.61. The second kappa shape index (κ2) is 12.3. The average Bonchev–Trinajstić information content (AvgIpc) is 3.53. The molecule has 1 unspecified atom stereocenters. The van der Waals surface area contributed by atoms with Crippen LogP contribution in [-0.4, -0.2) is 103 Å². The van der Waals surface area contributed by atoms with Crippen molar-refractivity contribution < 1.29 is 47.9 Å². The van der Waals surface area contributed by atoms with E-state index in [1.165, 1.54) is 31.9 Å². The van der Waals surface area contributed by atoms with E-state index in [0.29, 0.717) is 11.4 Å². The lowest BCUT2D eigenvalue weighted by Gasteiger charge is -2.27. The number of methoxy groups -OCH3 is 1. The van der Waals surface area contributed by atoms with Gasteiger partial charge < -0.3 is 40.0 Å². The Morgan fingerprint density at radius 2 is 2.07 bits per heavy atom. The highest BCUT2D eigenvalue weighted by molar-refractivity contribution is 8.56. The summed E-state index contributed by atoms with van der Waals surface area (Å²) in [5.74, 6) is -1.53. The number of carbonyl (C=O) groups excluding carboxylic acids is 3. The number of nitrogens with zero attached hydrogens (tertiary/aromatic N) is 4. The predicted octanol–water partition coefficient (Wildman–Crippen LogP) is -0.578. The number of fused-ring (bicyclic) bond motifs is 1. The first kappa shape index (κ1) is 31.9. The number of nitrogens with two attached hydrogens (primary N) is 1. The van der Waals surface area contributed by atoms with Crippen LogP contribution in [0.2, 0.25) is 0 Å². The van der Waals surface area contributed by atoms with Crippen LogP contribution < -0.4 is 26.2 Å². The Morgan fingerprint density at radius 3 is 2.69 bits per heavy atom. The van der Waals surface area contributed by atoms with Crippen LogP contribution in [0.3, 0.4) is 0 Å². The van der Waals surface area contributed by atoms with Gasteiger partial charge in [0.05, 0.1) is 26.1 Å². The molecule has 0 saturated carbocycles. The van der Waals surface area contributed by atoms with E-state index in [1.54, 1.807) is 13.8 Å². The molecule has 42 heavy (non-hydrogen) atoms. The number of aliphatic hydroxyl groups is 2. The normalized spacial score (nSPS) is 28.0. The van der Waals surface area contributed by atoms with Crippen LogP contribution in [0, 0.1) is 0 Å². The molecular weight excluding hydrogens is 599 g/mol. The number of nitrogens with one attached hydrogen (secondary N) is 3. The van der Waals surface area contributed by atoms with Crippen molar-refractivity contribution in [1.82, 2.24) is 35.2 Å². The Morgan fingerprint density at radius 1 is 1.36 bits per heavy atom. The maximum atomic E-state index is 13.9. The van der Waals surface area contributed by atoms with Crippen LogP contribution >= 0.6 is 18.1 Å². The van der Waals surface area contributed by atoms with Crippen molar-refractivity contribution in [2.45, 2.75) is 69.9 Å². The van der Waals surface area contributed by atoms with Gasteiger partial charge in [0.15, 0.2) is 17.4 Å². The van der Waals surface area contributed by atoms with Gasteiger partial charge in [-0.3, -0.25) is 24.0 Å². The number of hydrogen-bond donors (Lipinski definition) is 6. The minimum Gasteiger partial charge on any atom is -0.479 e. The molecule has 4 rings (SSSR count). The summed E-state index contributed by atoms with van der Waals surface area (Å²) in [6.45, 7) is 1.48. The summed E-state index contributed by atoms with van der Waals surface area (Å²) in [5, 5.41) is 29.3. The number of aromatic nitrogens is 4. The largest absolute Gasteiger partial charge is 0.479 e. The first-order chi connectivity index (χ1) is 19.6. The molecule has 2 aromatic rings. The van der Waals surface area contributed by atoms with E-state index in [4.69, 9.17) is 24.5 Å². The third-order valence-electron chi connectivity index (χ3n) is 6.34. The molecule has 4 heterocycles. The molecule has 20 heteroatoms. The van der Waals surface area contributed by atoms with Crippen molar-refractivity contribution in [3.8, 4) is 5.88 Å². The number of urea groups is 1. The molecule has 2 aromatic heterocycles. The summed E-state index contributed by atoms with van der Waals surface area (Å²) in [6.07, 6.45) is -3.16. The van der Waals surface area contributed by atoms with Crippen molar-refractivity contribution in [2.75, 3.05) is 25.2 Å². The van der Waals surface area contributed by atoms with Gasteiger partial charge in [-0.05, 0) is 27.7 Å². The van der Waals surface area contributed by atoms with E-state index in [-0.39, 0.29) is 28.7 Å². The average molecular weight is 633 g/mol. The van der Waals surface area contributed by atoms with Crippen LogP contribution in [0.5, 0.6) is 5.88 Å². The first-order valence-corrected chi connectivity index (χ1v) is 16.0. The number of ether oxygens (including phenoxy) is 3. The van der Waals surface area contributed by atoms with Crippen LogP contribution in [0.4, 0.5) is 10.7 Å². The number of nitrogen functional groups attached to an aromatic ring is 1. The molecule has 2 aliphatic heterocycles. The van der Waals surface area contributed by atoms with Crippen molar-refractivity contribution in [1.29, 1.82) is 0 Å². The Balaban J connectivity index is 1.53. The van der Waals surface area contributed by atoms with Gasteiger partial charge in [0.25, 0.3) is 5.91 Å². The quantitative estimate of drug-likeness (QED) is 0.0972. The van der Waals surface area contributed by atoms with E-state index in [9.17, 15) is 29.2 Å². The number of esters is 1. The third-order valence-corrected chi connectivity index (χ3v) is 10.5. The van der Waals surface area contributed by atoms with Crippen LogP contribution in [0.15, 0.2) is 6.33 Å². The fraction of sp³-hybridized carbons (Fsp3) is 0.636. The molecule has 7 N–H and O–H groups in total. The number of imidazole rings is 1. The molecule has 2 saturated heterocycles.